The molecule has 0 unspecified atom stereocenters. The standard InChI is InChI=1S/C18H28N2O3/c1-5-7-12-19-18(22)14(3)20(17(21)6-2)13-15-8-10-16(23-4)11-9-15/h8-11,14H,5-7,12-13H2,1-4H3,(H,19,22)/t14-/m0/s1. The van der Waals surface area contributed by atoms with Crippen molar-refractivity contribution in [3.63, 3.8) is 0 Å². The van der Waals surface area contributed by atoms with Crippen LogP contribution in [0.15, 0.2) is 24.3 Å². The fourth-order valence-electron chi connectivity index (χ4n) is 2.25. The van der Waals surface area contributed by atoms with Crippen molar-refractivity contribution in [1.29, 1.82) is 0 Å². The maximum atomic E-state index is 12.2. The van der Waals surface area contributed by atoms with Gasteiger partial charge >= 0.3 is 0 Å². The molecule has 1 rings (SSSR count). The molecular weight excluding hydrogens is 292 g/mol. The highest BCUT2D eigenvalue weighted by Gasteiger charge is 2.24. The molecule has 0 spiro atoms. The third-order valence-electron chi connectivity index (χ3n) is 3.81. The lowest BCUT2D eigenvalue weighted by Crippen LogP contribution is -2.47. The monoisotopic (exact) mass is 320 g/mol. The average molecular weight is 320 g/mol. The predicted molar refractivity (Wildman–Crippen MR) is 91.2 cm³/mol. The van der Waals surface area contributed by atoms with Crippen molar-refractivity contribution in [2.45, 2.75) is 52.6 Å². The summed E-state index contributed by atoms with van der Waals surface area (Å²) in [6.45, 7) is 6.73. The SMILES string of the molecule is CCCCNC(=O)[C@H](C)N(Cc1ccc(OC)cc1)C(=O)CC. The number of nitrogens with zero attached hydrogens (tertiary/aromatic N) is 1. The van der Waals surface area contributed by atoms with Crippen molar-refractivity contribution in [2.24, 2.45) is 0 Å². The van der Waals surface area contributed by atoms with Gasteiger partial charge in [-0.3, -0.25) is 9.59 Å². The molecule has 5 nitrogen and oxygen atoms in total. The maximum absolute atomic E-state index is 12.2. The van der Waals surface area contributed by atoms with Gasteiger partial charge in [-0.15, -0.1) is 0 Å². The normalized spacial score (nSPS) is 11.7. The lowest BCUT2D eigenvalue weighted by molar-refractivity contribution is -0.140. The minimum Gasteiger partial charge on any atom is -0.497 e. The fraction of sp³-hybridized carbons (Fsp3) is 0.556. The Hall–Kier alpha value is -2.04. The zero-order valence-electron chi connectivity index (χ0n) is 14.6. The van der Waals surface area contributed by atoms with Crippen LogP contribution in [0.4, 0.5) is 0 Å². The van der Waals surface area contributed by atoms with E-state index in [9.17, 15) is 9.59 Å². The number of ether oxygens (including phenoxy) is 1. The van der Waals surface area contributed by atoms with Crippen molar-refractivity contribution in [1.82, 2.24) is 10.2 Å². The maximum Gasteiger partial charge on any atom is 0.242 e. The summed E-state index contributed by atoms with van der Waals surface area (Å²) in [6, 6.07) is 7.06. The molecule has 0 aliphatic carbocycles. The van der Waals surface area contributed by atoms with Gasteiger partial charge < -0.3 is 15.0 Å². The second-order valence-electron chi connectivity index (χ2n) is 5.54. The molecular formula is C18H28N2O3. The highest BCUT2D eigenvalue weighted by molar-refractivity contribution is 5.87. The molecule has 1 atom stereocenters. The van der Waals surface area contributed by atoms with Crippen LogP contribution in [-0.2, 0) is 16.1 Å². The van der Waals surface area contributed by atoms with Gasteiger partial charge in [0, 0.05) is 19.5 Å². The van der Waals surface area contributed by atoms with E-state index in [2.05, 4.69) is 12.2 Å². The molecule has 0 heterocycles. The van der Waals surface area contributed by atoms with Crippen molar-refractivity contribution >= 4 is 11.8 Å². The Morgan fingerprint density at radius 2 is 1.87 bits per heavy atom. The second-order valence-corrected chi connectivity index (χ2v) is 5.54. The first kappa shape index (κ1) is 19.0. The van der Waals surface area contributed by atoms with Crippen LogP contribution >= 0.6 is 0 Å². The van der Waals surface area contributed by atoms with E-state index in [1.165, 1.54) is 0 Å². The molecule has 1 aromatic rings. The summed E-state index contributed by atoms with van der Waals surface area (Å²) in [5.74, 6) is 0.639. The summed E-state index contributed by atoms with van der Waals surface area (Å²) >= 11 is 0. The summed E-state index contributed by atoms with van der Waals surface area (Å²) in [4.78, 5) is 26.1. The van der Waals surface area contributed by atoms with Crippen LogP contribution in [0.5, 0.6) is 5.75 Å². The van der Waals surface area contributed by atoms with Gasteiger partial charge in [-0.1, -0.05) is 32.4 Å². The largest absolute Gasteiger partial charge is 0.497 e. The van der Waals surface area contributed by atoms with Gasteiger partial charge in [0.2, 0.25) is 11.8 Å². The Bertz CT molecular complexity index is 499. The number of amides is 2. The first-order valence-electron chi connectivity index (χ1n) is 8.23. The molecule has 0 aliphatic rings. The smallest absolute Gasteiger partial charge is 0.242 e. The average Bonchev–Trinajstić information content (AvgIpc) is 2.59. The predicted octanol–water partition coefficient (Wildman–Crippen LogP) is 2.74. The Balaban J connectivity index is 2.78. The molecule has 128 valence electrons. The lowest BCUT2D eigenvalue weighted by atomic mass is 10.1. The summed E-state index contributed by atoms with van der Waals surface area (Å²) in [7, 11) is 1.62. The van der Waals surface area contributed by atoms with E-state index in [1.54, 1.807) is 18.9 Å². The summed E-state index contributed by atoms with van der Waals surface area (Å²) in [6.07, 6.45) is 2.35. The number of benzene rings is 1. The molecule has 0 aromatic heterocycles. The van der Waals surface area contributed by atoms with E-state index in [-0.39, 0.29) is 11.8 Å². The molecule has 0 saturated carbocycles. The number of hydrogen-bond acceptors (Lipinski definition) is 3. The van der Waals surface area contributed by atoms with E-state index >= 15 is 0 Å². The van der Waals surface area contributed by atoms with Crippen molar-refractivity contribution in [3.05, 3.63) is 29.8 Å². The van der Waals surface area contributed by atoms with Crippen LogP contribution in [0.1, 0.15) is 45.6 Å². The van der Waals surface area contributed by atoms with Gasteiger partial charge in [0.15, 0.2) is 0 Å². The lowest BCUT2D eigenvalue weighted by Gasteiger charge is -2.28. The zero-order valence-corrected chi connectivity index (χ0v) is 14.6. The van der Waals surface area contributed by atoms with E-state index in [1.807, 2.05) is 31.2 Å². The van der Waals surface area contributed by atoms with E-state index in [0.717, 1.165) is 24.2 Å². The molecule has 1 aromatic carbocycles. The topological polar surface area (TPSA) is 58.6 Å². The molecule has 0 saturated heterocycles. The molecule has 23 heavy (non-hydrogen) atoms. The van der Waals surface area contributed by atoms with Gasteiger partial charge in [-0.05, 0) is 31.0 Å². The van der Waals surface area contributed by atoms with Crippen molar-refractivity contribution < 1.29 is 14.3 Å². The van der Waals surface area contributed by atoms with Gasteiger partial charge in [0.1, 0.15) is 11.8 Å². The Morgan fingerprint density at radius 1 is 1.22 bits per heavy atom. The zero-order chi connectivity index (χ0) is 17.2. The number of unbranched alkanes of at least 4 members (excludes halogenated alkanes) is 1. The minimum absolute atomic E-state index is 0.0287. The Morgan fingerprint density at radius 3 is 2.39 bits per heavy atom. The Labute approximate surface area is 139 Å². The molecule has 5 heteroatoms. The van der Waals surface area contributed by atoms with Crippen LogP contribution in [-0.4, -0.2) is 36.4 Å². The van der Waals surface area contributed by atoms with Crippen molar-refractivity contribution in [3.8, 4) is 5.75 Å². The summed E-state index contributed by atoms with van der Waals surface area (Å²) < 4.78 is 5.14. The molecule has 1 N–H and O–H groups in total. The highest BCUT2D eigenvalue weighted by Crippen LogP contribution is 2.15. The molecule has 0 fully saturated rings. The number of carbonyl (C=O) groups is 2. The third-order valence-corrected chi connectivity index (χ3v) is 3.81. The third kappa shape index (κ3) is 5.93. The molecule has 0 radical (unpaired) electrons. The van der Waals surface area contributed by atoms with E-state index in [0.29, 0.717) is 19.5 Å². The fourth-order valence-corrected chi connectivity index (χ4v) is 2.25. The number of rotatable bonds is 9. The number of hydrogen-bond donors (Lipinski definition) is 1. The quantitative estimate of drug-likeness (QED) is 0.712. The molecule has 0 bridgehead atoms. The molecule has 0 aliphatic heterocycles. The van der Waals surface area contributed by atoms with Gasteiger partial charge in [-0.25, -0.2) is 0 Å². The van der Waals surface area contributed by atoms with Crippen LogP contribution < -0.4 is 10.1 Å². The number of carbonyl (C=O) groups excluding carboxylic acids is 2. The van der Waals surface area contributed by atoms with E-state index in [4.69, 9.17) is 4.74 Å². The van der Waals surface area contributed by atoms with Crippen LogP contribution in [0.3, 0.4) is 0 Å². The van der Waals surface area contributed by atoms with Gasteiger partial charge in [0.25, 0.3) is 0 Å². The van der Waals surface area contributed by atoms with Crippen LogP contribution in [0.25, 0.3) is 0 Å². The number of nitrogens with one attached hydrogen (secondary N) is 1. The van der Waals surface area contributed by atoms with E-state index < -0.39 is 6.04 Å². The van der Waals surface area contributed by atoms with Crippen LogP contribution in [0.2, 0.25) is 0 Å². The first-order valence-corrected chi connectivity index (χ1v) is 8.23. The second kappa shape index (κ2) is 9.87. The summed E-state index contributed by atoms with van der Waals surface area (Å²) in [5.41, 5.74) is 0.973. The van der Waals surface area contributed by atoms with Gasteiger partial charge in [-0.2, -0.15) is 0 Å². The van der Waals surface area contributed by atoms with Crippen molar-refractivity contribution in [2.75, 3.05) is 13.7 Å². The van der Waals surface area contributed by atoms with Crippen LogP contribution in [0, 0.1) is 0 Å². The van der Waals surface area contributed by atoms with Gasteiger partial charge in [0.05, 0.1) is 7.11 Å². The minimum atomic E-state index is -0.485. The molecule has 2 amide bonds. The highest BCUT2D eigenvalue weighted by atomic mass is 16.5. The number of methoxy groups -OCH3 is 1. The summed E-state index contributed by atoms with van der Waals surface area (Å²) in [5, 5.41) is 2.89. The first-order chi connectivity index (χ1) is 11.0. The Kier molecular flexibility index (Phi) is 8.16.